The maximum Gasteiger partial charge on any atom is 0.225 e. The lowest BCUT2D eigenvalue weighted by Crippen LogP contribution is -2.40. The molecule has 3 nitrogen and oxygen atoms in total. The fourth-order valence-electron chi connectivity index (χ4n) is 1.80. The Morgan fingerprint density at radius 1 is 1.43 bits per heavy atom. The number of carbonyl (C=O) groups excluding carboxylic acids is 1. The summed E-state index contributed by atoms with van der Waals surface area (Å²) in [6, 6.07) is 0. The van der Waals surface area contributed by atoms with Crippen LogP contribution in [0.3, 0.4) is 0 Å². The van der Waals surface area contributed by atoms with Gasteiger partial charge in [0.25, 0.3) is 0 Å². The highest BCUT2D eigenvalue weighted by molar-refractivity contribution is 5.79. The van der Waals surface area contributed by atoms with E-state index in [0.717, 1.165) is 38.8 Å². The van der Waals surface area contributed by atoms with E-state index < -0.39 is 0 Å². The van der Waals surface area contributed by atoms with Gasteiger partial charge in [-0.3, -0.25) is 4.79 Å². The van der Waals surface area contributed by atoms with E-state index in [1.54, 1.807) is 0 Å². The first-order valence-corrected chi connectivity index (χ1v) is 5.78. The van der Waals surface area contributed by atoms with Crippen LogP contribution in [-0.4, -0.2) is 30.4 Å². The molecular weight excluding hydrogens is 176 g/mol. The molecule has 82 valence electrons. The van der Waals surface area contributed by atoms with Crippen LogP contribution in [0.2, 0.25) is 0 Å². The van der Waals surface area contributed by atoms with E-state index in [0.29, 0.717) is 18.4 Å². The molecule has 14 heavy (non-hydrogen) atoms. The molecule has 0 aromatic rings. The minimum atomic E-state index is 0.333. The van der Waals surface area contributed by atoms with Gasteiger partial charge < -0.3 is 10.6 Å². The Morgan fingerprint density at radius 2 is 2.14 bits per heavy atom. The van der Waals surface area contributed by atoms with Crippen LogP contribution in [0.4, 0.5) is 0 Å². The van der Waals surface area contributed by atoms with Crippen LogP contribution in [0.15, 0.2) is 0 Å². The standard InChI is InChI=1S/C11H22N2O/c1-2-8-13(9-4-7-12)11(14)10-5-3-6-10/h10H,2-9,12H2,1H3. The van der Waals surface area contributed by atoms with Gasteiger partial charge in [0.05, 0.1) is 0 Å². The maximum atomic E-state index is 11.9. The van der Waals surface area contributed by atoms with Crippen molar-refractivity contribution in [3.63, 3.8) is 0 Å². The highest BCUT2D eigenvalue weighted by atomic mass is 16.2. The zero-order valence-electron chi connectivity index (χ0n) is 9.17. The molecule has 0 saturated heterocycles. The maximum absolute atomic E-state index is 11.9. The molecule has 0 aromatic carbocycles. The number of nitrogens with two attached hydrogens (primary N) is 1. The highest BCUT2D eigenvalue weighted by Gasteiger charge is 2.28. The molecule has 1 amide bonds. The van der Waals surface area contributed by atoms with Crippen molar-refractivity contribution in [3.05, 3.63) is 0 Å². The van der Waals surface area contributed by atoms with Gasteiger partial charge in [-0.15, -0.1) is 0 Å². The molecule has 1 fully saturated rings. The molecule has 1 aliphatic carbocycles. The third-order valence-electron chi connectivity index (χ3n) is 2.89. The van der Waals surface area contributed by atoms with Gasteiger partial charge in [-0.1, -0.05) is 13.3 Å². The summed E-state index contributed by atoms with van der Waals surface area (Å²) in [5.41, 5.74) is 5.46. The van der Waals surface area contributed by atoms with Crippen molar-refractivity contribution in [3.8, 4) is 0 Å². The Hall–Kier alpha value is -0.570. The summed E-state index contributed by atoms with van der Waals surface area (Å²) < 4.78 is 0. The van der Waals surface area contributed by atoms with Crippen molar-refractivity contribution >= 4 is 5.91 Å². The quantitative estimate of drug-likeness (QED) is 0.700. The van der Waals surface area contributed by atoms with Gasteiger partial charge in [-0.05, 0) is 32.2 Å². The van der Waals surface area contributed by atoms with E-state index >= 15 is 0 Å². The molecule has 0 bridgehead atoms. The molecule has 2 N–H and O–H groups in total. The average Bonchev–Trinajstić information content (AvgIpc) is 2.09. The van der Waals surface area contributed by atoms with Crippen molar-refractivity contribution in [1.82, 2.24) is 4.90 Å². The molecule has 1 saturated carbocycles. The van der Waals surface area contributed by atoms with Crippen LogP contribution in [0.25, 0.3) is 0 Å². The van der Waals surface area contributed by atoms with Gasteiger partial charge in [-0.2, -0.15) is 0 Å². The van der Waals surface area contributed by atoms with Gasteiger partial charge in [0.2, 0.25) is 5.91 Å². The first-order valence-electron chi connectivity index (χ1n) is 5.78. The molecule has 0 aromatic heterocycles. The monoisotopic (exact) mass is 198 g/mol. The first-order chi connectivity index (χ1) is 6.79. The number of hydrogen-bond acceptors (Lipinski definition) is 2. The minimum absolute atomic E-state index is 0.333. The minimum Gasteiger partial charge on any atom is -0.342 e. The van der Waals surface area contributed by atoms with Crippen LogP contribution < -0.4 is 5.73 Å². The van der Waals surface area contributed by atoms with E-state index in [-0.39, 0.29) is 0 Å². The molecule has 0 spiro atoms. The summed E-state index contributed by atoms with van der Waals surface area (Å²) in [5.74, 6) is 0.700. The van der Waals surface area contributed by atoms with E-state index in [4.69, 9.17) is 5.73 Å². The van der Waals surface area contributed by atoms with Gasteiger partial charge in [0.1, 0.15) is 0 Å². The fraction of sp³-hybridized carbons (Fsp3) is 0.909. The molecule has 0 atom stereocenters. The van der Waals surface area contributed by atoms with Gasteiger partial charge in [-0.25, -0.2) is 0 Å². The third kappa shape index (κ3) is 2.98. The van der Waals surface area contributed by atoms with Crippen molar-refractivity contribution in [2.75, 3.05) is 19.6 Å². The molecule has 0 radical (unpaired) electrons. The summed E-state index contributed by atoms with van der Waals surface area (Å²) in [6.07, 6.45) is 5.40. The highest BCUT2D eigenvalue weighted by Crippen LogP contribution is 2.28. The number of carbonyl (C=O) groups is 1. The summed E-state index contributed by atoms with van der Waals surface area (Å²) in [7, 11) is 0. The van der Waals surface area contributed by atoms with Crippen LogP contribution >= 0.6 is 0 Å². The Bertz CT molecular complexity index is 178. The topological polar surface area (TPSA) is 46.3 Å². The van der Waals surface area contributed by atoms with E-state index in [1.807, 2.05) is 4.90 Å². The second-order valence-electron chi connectivity index (χ2n) is 4.10. The summed E-state index contributed by atoms with van der Waals surface area (Å²) in [4.78, 5) is 13.9. The Kier molecular flexibility index (Phi) is 4.94. The molecule has 1 aliphatic rings. The Labute approximate surface area is 86.6 Å². The van der Waals surface area contributed by atoms with Crippen molar-refractivity contribution in [2.45, 2.75) is 39.0 Å². The van der Waals surface area contributed by atoms with Gasteiger partial charge in [0, 0.05) is 19.0 Å². The van der Waals surface area contributed by atoms with Gasteiger partial charge in [0.15, 0.2) is 0 Å². The number of nitrogens with zero attached hydrogens (tertiary/aromatic N) is 1. The van der Waals surface area contributed by atoms with Crippen molar-refractivity contribution < 1.29 is 4.79 Å². The van der Waals surface area contributed by atoms with Crippen molar-refractivity contribution in [2.24, 2.45) is 11.7 Å². The lowest BCUT2D eigenvalue weighted by atomic mass is 9.84. The van der Waals surface area contributed by atoms with E-state index in [9.17, 15) is 4.79 Å². The number of amides is 1. The van der Waals surface area contributed by atoms with Crippen LogP contribution in [0.1, 0.15) is 39.0 Å². The van der Waals surface area contributed by atoms with Gasteiger partial charge >= 0.3 is 0 Å². The fourth-order valence-corrected chi connectivity index (χ4v) is 1.80. The largest absolute Gasteiger partial charge is 0.342 e. The van der Waals surface area contributed by atoms with Crippen molar-refractivity contribution in [1.29, 1.82) is 0 Å². The molecule has 0 unspecified atom stereocenters. The van der Waals surface area contributed by atoms with E-state index in [2.05, 4.69) is 6.92 Å². The predicted molar refractivity (Wildman–Crippen MR) is 57.9 cm³/mol. The molecule has 1 rings (SSSR count). The predicted octanol–water partition coefficient (Wildman–Crippen LogP) is 1.37. The average molecular weight is 198 g/mol. The smallest absolute Gasteiger partial charge is 0.225 e. The van der Waals surface area contributed by atoms with Crippen LogP contribution in [-0.2, 0) is 4.79 Å². The third-order valence-corrected chi connectivity index (χ3v) is 2.89. The molecule has 3 heteroatoms. The molecular formula is C11H22N2O. The lowest BCUT2D eigenvalue weighted by molar-refractivity contribution is -0.138. The zero-order chi connectivity index (χ0) is 10.4. The zero-order valence-corrected chi connectivity index (χ0v) is 9.17. The number of rotatable bonds is 6. The Morgan fingerprint density at radius 3 is 2.57 bits per heavy atom. The normalized spacial score (nSPS) is 16.4. The molecule has 0 heterocycles. The summed E-state index contributed by atoms with van der Waals surface area (Å²) in [5, 5.41) is 0. The van der Waals surface area contributed by atoms with Crippen LogP contribution in [0.5, 0.6) is 0 Å². The van der Waals surface area contributed by atoms with E-state index in [1.165, 1.54) is 6.42 Å². The number of hydrogen-bond donors (Lipinski definition) is 1. The summed E-state index contributed by atoms with van der Waals surface area (Å²) >= 11 is 0. The lowest BCUT2D eigenvalue weighted by Gasteiger charge is -2.31. The molecule has 0 aliphatic heterocycles. The first kappa shape index (κ1) is 11.5. The second-order valence-corrected chi connectivity index (χ2v) is 4.10. The Balaban J connectivity index is 2.34. The summed E-state index contributed by atoms with van der Waals surface area (Å²) in [6.45, 7) is 4.54. The SMILES string of the molecule is CCCN(CCCN)C(=O)C1CCC1. The van der Waals surface area contributed by atoms with Crippen LogP contribution in [0, 0.1) is 5.92 Å². The second kappa shape index (κ2) is 6.02.